The molecule has 1 aromatic heterocycles. The molecule has 0 amide bonds. The molecule has 0 aliphatic heterocycles. The number of halogens is 2. The highest BCUT2D eigenvalue weighted by atomic mass is 32.2. The largest absolute Gasteiger partial charge is 0.454 e. The Morgan fingerprint density at radius 1 is 1.12 bits per heavy atom. The molecule has 0 N–H and O–H groups in total. The van der Waals surface area contributed by atoms with Crippen LogP contribution in [0, 0.1) is 0 Å². The minimum Gasteiger partial charge on any atom is -0.454 e. The molecule has 1 heterocycles. The van der Waals surface area contributed by atoms with Crippen LogP contribution in [0.1, 0.15) is 16.2 Å². The Labute approximate surface area is 145 Å². The number of aromatic nitrogens is 4. The van der Waals surface area contributed by atoms with E-state index in [0.29, 0.717) is 23.3 Å². The van der Waals surface area contributed by atoms with Gasteiger partial charge in [0.1, 0.15) is 0 Å². The molecule has 0 aliphatic rings. The van der Waals surface area contributed by atoms with Crippen molar-refractivity contribution in [2.24, 2.45) is 0 Å². The van der Waals surface area contributed by atoms with Gasteiger partial charge in [-0.3, -0.25) is 0 Å². The number of para-hydroxylation sites is 1. The second kappa shape index (κ2) is 7.84. The third-order valence-corrected chi connectivity index (χ3v) is 3.98. The maximum atomic E-state index is 12.6. The Kier molecular flexibility index (Phi) is 5.34. The number of benzene rings is 2. The van der Waals surface area contributed by atoms with E-state index >= 15 is 0 Å². The van der Waals surface area contributed by atoms with Crippen molar-refractivity contribution in [3.05, 3.63) is 66.0 Å². The standard InChI is InChI=1S/C16H12F2N4O2S/c17-16(18)25-13-9-5-4-8-12(13)15(23)24-10-14-19-20-21-22(14)11-6-2-1-3-7-11/h1-9,16H,10H2. The monoisotopic (exact) mass is 362 g/mol. The van der Waals surface area contributed by atoms with Gasteiger partial charge in [-0.15, -0.1) is 5.10 Å². The van der Waals surface area contributed by atoms with Gasteiger partial charge in [-0.25, -0.2) is 4.79 Å². The number of hydrogen-bond donors (Lipinski definition) is 0. The van der Waals surface area contributed by atoms with E-state index in [4.69, 9.17) is 4.74 Å². The van der Waals surface area contributed by atoms with Crippen molar-refractivity contribution < 1.29 is 18.3 Å². The molecule has 0 bridgehead atoms. The summed E-state index contributed by atoms with van der Waals surface area (Å²) in [7, 11) is 0. The van der Waals surface area contributed by atoms with Gasteiger partial charge < -0.3 is 4.74 Å². The molecule has 0 saturated heterocycles. The molecule has 3 aromatic rings. The fraction of sp³-hybridized carbons (Fsp3) is 0.125. The number of tetrazole rings is 1. The van der Waals surface area contributed by atoms with Crippen molar-refractivity contribution in [3.63, 3.8) is 0 Å². The van der Waals surface area contributed by atoms with E-state index in [-0.39, 0.29) is 17.1 Å². The molecule has 128 valence electrons. The van der Waals surface area contributed by atoms with Crippen molar-refractivity contribution in [1.82, 2.24) is 20.2 Å². The molecule has 0 radical (unpaired) electrons. The van der Waals surface area contributed by atoms with Gasteiger partial charge >= 0.3 is 5.97 Å². The van der Waals surface area contributed by atoms with Crippen molar-refractivity contribution in [2.45, 2.75) is 17.3 Å². The van der Waals surface area contributed by atoms with Crippen LogP contribution < -0.4 is 0 Å². The lowest BCUT2D eigenvalue weighted by Crippen LogP contribution is -2.11. The first-order chi connectivity index (χ1) is 12.1. The highest BCUT2D eigenvalue weighted by molar-refractivity contribution is 7.99. The lowest BCUT2D eigenvalue weighted by atomic mass is 10.2. The number of rotatable bonds is 6. The summed E-state index contributed by atoms with van der Waals surface area (Å²) < 4.78 is 31.8. The van der Waals surface area contributed by atoms with Crippen LogP contribution in [0.2, 0.25) is 0 Å². The maximum Gasteiger partial charge on any atom is 0.339 e. The quantitative estimate of drug-likeness (QED) is 0.495. The van der Waals surface area contributed by atoms with Crippen molar-refractivity contribution >= 4 is 17.7 Å². The van der Waals surface area contributed by atoms with Gasteiger partial charge in [0.25, 0.3) is 5.76 Å². The summed E-state index contributed by atoms with van der Waals surface area (Å²) in [6.07, 6.45) is 0. The maximum absolute atomic E-state index is 12.6. The Hall–Kier alpha value is -2.81. The zero-order valence-electron chi connectivity index (χ0n) is 12.8. The molecule has 0 fully saturated rings. The number of nitrogens with zero attached hydrogens (tertiary/aromatic N) is 4. The number of hydrogen-bond acceptors (Lipinski definition) is 6. The topological polar surface area (TPSA) is 69.9 Å². The Balaban J connectivity index is 1.73. The van der Waals surface area contributed by atoms with Gasteiger partial charge in [0.05, 0.1) is 11.3 Å². The third-order valence-electron chi connectivity index (χ3n) is 3.19. The van der Waals surface area contributed by atoms with Gasteiger partial charge in [0, 0.05) is 4.90 Å². The number of carbonyl (C=O) groups is 1. The first-order valence-electron chi connectivity index (χ1n) is 7.19. The minimum absolute atomic E-state index is 0.0755. The van der Waals surface area contributed by atoms with Crippen LogP contribution in [0.25, 0.3) is 5.69 Å². The first kappa shape index (κ1) is 17.0. The fourth-order valence-corrected chi connectivity index (χ4v) is 2.73. The van der Waals surface area contributed by atoms with E-state index in [0.717, 1.165) is 0 Å². The molecule has 3 rings (SSSR count). The number of esters is 1. The van der Waals surface area contributed by atoms with E-state index in [1.807, 2.05) is 18.2 Å². The second-order valence-corrected chi connectivity index (χ2v) is 5.83. The Morgan fingerprint density at radius 3 is 2.60 bits per heavy atom. The molecule has 25 heavy (non-hydrogen) atoms. The summed E-state index contributed by atoms with van der Waals surface area (Å²) in [5.74, 6) is -3.02. The molecule has 0 unspecified atom stereocenters. The molecular formula is C16H12F2N4O2S. The molecule has 2 aromatic carbocycles. The highest BCUT2D eigenvalue weighted by Crippen LogP contribution is 2.28. The van der Waals surface area contributed by atoms with E-state index in [1.54, 1.807) is 24.3 Å². The van der Waals surface area contributed by atoms with Gasteiger partial charge in [0.2, 0.25) is 0 Å². The average Bonchev–Trinajstić information content (AvgIpc) is 3.09. The second-order valence-electron chi connectivity index (χ2n) is 4.79. The summed E-state index contributed by atoms with van der Waals surface area (Å²) >= 11 is 0.297. The predicted octanol–water partition coefficient (Wildman–Crippen LogP) is 3.33. The highest BCUT2D eigenvalue weighted by Gasteiger charge is 2.18. The molecule has 0 spiro atoms. The fourth-order valence-electron chi connectivity index (χ4n) is 2.11. The van der Waals surface area contributed by atoms with Gasteiger partial charge in [-0.05, 0) is 34.7 Å². The van der Waals surface area contributed by atoms with Crippen molar-refractivity contribution in [2.75, 3.05) is 0 Å². The van der Waals surface area contributed by atoms with Crippen LogP contribution in [-0.4, -0.2) is 31.9 Å². The Morgan fingerprint density at radius 2 is 1.84 bits per heavy atom. The SMILES string of the molecule is O=C(OCc1nnnn1-c1ccccc1)c1ccccc1SC(F)F. The van der Waals surface area contributed by atoms with E-state index < -0.39 is 11.7 Å². The molecule has 0 aliphatic carbocycles. The van der Waals surface area contributed by atoms with Crippen LogP contribution in [0.15, 0.2) is 59.5 Å². The van der Waals surface area contributed by atoms with Crippen molar-refractivity contribution in [1.29, 1.82) is 0 Å². The molecule has 9 heteroatoms. The smallest absolute Gasteiger partial charge is 0.339 e. The predicted molar refractivity (Wildman–Crippen MR) is 86.6 cm³/mol. The lowest BCUT2D eigenvalue weighted by molar-refractivity contribution is 0.0455. The number of ether oxygens (including phenoxy) is 1. The number of thioether (sulfide) groups is 1. The average molecular weight is 362 g/mol. The molecule has 0 atom stereocenters. The van der Waals surface area contributed by atoms with Crippen LogP contribution in [0.5, 0.6) is 0 Å². The summed E-state index contributed by atoms with van der Waals surface area (Å²) in [6.45, 7) is -0.186. The number of alkyl halides is 2. The molecular weight excluding hydrogens is 350 g/mol. The lowest BCUT2D eigenvalue weighted by Gasteiger charge is -2.09. The summed E-state index contributed by atoms with van der Waals surface area (Å²) in [5.41, 5.74) is 0.791. The van der Waals surface area contributed by atoms with E-state index in [9.17, 15) is 13.6 Å². The van der Waals surface area contributed by atoms with Gasteiger partial charge in [-0.2, -0.15) is 13.5 Å². The zero-order valence-corrected chi connectivity index (χ0v) is 13.6. The Bertz CT molecular complexity index is 858. The van der Waals surface area contributed by atoms with Gasteiger partial charge in [0.15, 0.2) is 12.4 Å². The van der Waals surface area contributed by atoms with Crippen LogP contribution in [-0.2, 0) is 11.3 Å². The van der Waals surface area contributed by atoms with Crippen molar-refractivity contribution in [3.8, 4) is 5.69 Å². The van der Waals surface area contributed by atoms with E-state index in [2.05, 4.69) is 15.5 Å². The first-order valence-corrected chi connectivity index (χ1v) is 8.07. The molecule has 6 nitrogen and oxygen atoms in total. The normalized spacial score (nSPS) is 10.8. The van der Waals surface area contributed by atoms with E-state index in [1.165, 1.54) is 16.8 Å². The van der Waals surface area contributed by atoms with Crippen LogP contribution in [0.4, 0.5) is 8.78 Å². The summed E-state index contributed by atoms with van der Waals surface area (Å²) in [4.78, 5) is 12.4. The summed E-state index contributed by atoms with van der Waals surface area (Å²) in [5, 5.41) is 11.3. The van der Waals surface area contributed by atoms with Crippen LogP contribution in [0.3, 0.4) is 0 Å². The molecule has 0 saturated carbocycles. The zero-order chi connectivity index (χ0) is 17.6. The van der Waals surface area contributed by atoms with Crippen LogP contribution >= 0.6 is 11.8 Å². The van der Waals surface area contributed by atoms with Gasteiger partial charge in [-0.1, -0.05) is 42.1 Å². The summed E-state index contributed by atoms with van der Waals surface area (Å²) in [6, 6.07) is 15.2. The number of carbonyl (C=O) groups excluding carboxylic acids is 1. The third kappa shape index (κ3) is 4.18. The minimum atomic E-state index is -2.63.